The van der Waals surface area contributed by atoms with Gasteiger partial charge in [-0.3, -0.25) is 0 Å². The fourth-order valence-corrected chi connectivity index (χ4v) is 3.57. The van der Waals surface area contributed by atoms with Crippen LogP contribution in [-0.2, 0) is 0 Å². The van der Waals surface area contributed by atoms with Crippen LogP contribution in [0.15, 0.2) is 10.7 Å². The quantitative estimate of drug-likeness (QED) is 0.868. The van der Waals surface area contributed by atoms with E-state index in [4.69, 9.17) is 0 Å². The first-order valence-corrected chi connectivity index (χ1v) is 8.15. The molecule has 1 aliphatic heterocycles. The van der Waals surface area contributed by atoms with Crippen molar-refractivity contribution < 1.29 is 0 Å². The average Bonchev–Trinajstić information content (AvgIpc) is 3.13. The number of hydrogen-bond donors (Lipinski definition) is 1. The normalized spacial score (nSPS) is 24.6. The standard InChI is InChI=1S/C12H16BrN3S/c13-10-6-11(14-9-2-1-5-17-7-9)16-12(15-10)8-3-4-8/h6,8-9H,1-5,7H2,(H,14,15,16). The zero-order chi connectivity index (χ0) is 11.7. The fourth-order valence-electron chi connectivity index (χ4n) is 2.10. The van der Waals surface area contributed by atoms with Gasteiger partial charge in [0.2, 0.25) is 0 Å². The summed E-state index contributed by atoms with van der Waals surface area (Å²) in [6, 6.07) is 2.56. The van der Waals surface area contributed by atoms with Gasteiger partial charge in [-0.25, -0.2) is 9.97 Å². The Kier molecular flexibility index (Phi) is 3.56. The van der Waals surface area contributed by atoms with Crippen molar-refractivity contribution in [3.05, 3.63) is 16.5 Å². The molecule has 1 aliphatic carbocycles. The van der Waals surface area contributed by atoms with Gasteiger partial charge in [-0.2, -0.15) is 11.8 Å². The highest BCUT2D eigenvalue weighted by Gasteiger charge is 2.27. The number of anilines is 1. The van der Waals surface area contributed by atoms with Crippen molar-refractivity contribution in [2.24, 2.45) is 0 Å². The highest BCUT2D eigenvalue weighted by Crippen LogP contribution is 2.38. The molecule has 2 fully saturated rings. The van der Waals surface area contributed by atoms with Gasteiger partial charge in [0.1, 0.15) is 16.2 Å². The van der Waals surface area contributed by atoms with E-state index in [1.165, 1.54) is 37.2 Å². The molecule has 1 N–H and O–H groups in total. The summed E-state index contributed by atoms with van der Waals surface area (Å²) in [5.74, 6) is 5.10. The van der Waals surface area contributed by atoms with Gasteiger partial charge in [0, 0.05) is 23.8 Å². The van der Waals surface area contributed by atoms with Crippen LogP contribution in [0.2, 0.25) is 0 Å². The molecule has 2 aliphatic rings. The number of rotatable bonds is 3. The molecule has 1 aromatic rings. The van der Waals surface area contributed by atoms with E-state index in [1.807, 2.05) is 17.8 Å². The molecule has 3 rings (SSSR count). The third-order valence-corrected chi connectivity index (χ3v) is 4.79. The first kappa shape index (κ1) is 11.8. The Labute approximate surface area is 114 Å². The summed E-state index contributed by atoms with van der Waals surface area (Å²) in [6.07, 6.45) is 5.06. The molecule has 0 radical (unpaired) electrons. The predicted molar refractivity (Wildman–Crippen MR) is 75.7 cm³/mol. The maximum Gasteiger partial charge on any atom is 0.135 e. The molecule has 17 heavy (non-hydrogen) atoms. The molecule has 2 heterocycles. The van der Waals surface area contributed by atoms with E-state index >= 15 is 0 Å². The van der Waals surface area contributed by atoms with Crippen molar-refractivity contribution in [2.75, 3.05) is 16.8 Å². The summed E-state index contributed by atoms with van der Waals surface area (Å²) in [4.78, 5) is 9.08. The Morgan fingerprint density at radius 2 is 2.18 bits per heavy atom. The molecule has 3 nitrogen and oxygen atoms in total. The molecular weight excluding hydrogens is 298 g/mol. The number of aromatic nitrogens is 2. The van der Waals surface area contributed by atoms with Gasteiger partial charge < -0.3 is 5.32 Å². The highest BCUT2D eigenvalue weighted by atomic mass is 79.9. The summed E-state index contributed by atoms with van der Waals surface area (Å²) in [7, 11) is 0. The molecule has 0 amide bonds. The smallest absolute Gasteiger partial charge is 0.135 e. The van der Waals surface area contributed by atoms with Gasteiger partial charge in [-0.15, -0.1) is 0 Å². The van der Waals surface area contributed by atoms with Crippen molar-refractivity contribution in [3.63, 3.8) is 0 Å². The molecular formula is C12H16BrN3S. The van der Waals surface area contributed by atoms with Gasteiger partial charge in [-0.1, -0.05) is 0 Å². The van der Waals surface area contributed by atoms with E-state index in [1.54, 1.807) is 0 Å². The first-order chi connectivity index (χ1) is 8.31. The van der Waals surface area contributed by atoms with Crippen LogP contribution in [0, 0.1) is 0 Å². The zero-order valence-electron chi connectivity index (χ0n) is 9.66. The Morgan fingerprint density at radius 3 is 2.88 bits per heavy atom. The van der Waals surface area contributed by atoms with E-state index in [9.17, 15) is 0 Å². The summed E-state index contributed by atoms with van der Waals surface area (Å²) in [6.45, 7) is 0. The second-order valence-electron chi connectivity index (χ2n) is 4.77. The van der Waals surface area contributed by atoms with Gasteiger partial charge in [0.25, 0.3) is 0 Å². The van der Waals surface area contributed by atoms with Crippen LogP contribution in [-0.4, -0.2) is 27.5 Å². The average molecular weight is 314 g/mol. The summed E-state index contributed by atoms with van der Waals surface area (Å²) < 4.78 is 0.903. The van der Waals surface area contributed by atoms with Crippen molar-refractivity contribution in [3.8, 4) is 0 Å². The molecule has 0 aromatic carbocycles. The fraction of sp³-hybridized carbons (Fsp3) is 0.667. The maximum absolute atomic E-state index is 4.63. The molecule has 1 saturated heterocycles. The molecule has 5 heteroatoms. The van der Waals surface area contributed by atoms with Crippen LogP contribution in [0.25, 0.3) is 0 Å². The molecule has 92 valence electrons. The van der Waals surface area contributed by atoms with E-state index in [0.29, 0.717) is 12.0 Å². The zero-order valence-corrected chi connectivity index (χ0v) is 12.1. The molecule has 1 atom stereocenters. The minimum absolute atomic E-state index is 0.572. The number of thioether (sulfide) groups is 1. The number of hydrogen-bond acceptors (Lipinski definition) is 4. The molecule has 1 saturated carbocycles. The lowest BCUT2D eigenvalue weighted by Gasteiger charge is -2.23. The third-order valence-electron chi connectivity index (χ3n) is 3.17. The van der Waals surface area contributed by atoms with Crippen molar-refractivity contribution in [1.29, 1.82) is 0 Å². The Balaban J connectivity index is 1.72. The number of halogens is 1. The lowest BCUT2D eigenvalue weighted by Crippen LogP contribution is -2.26. The van der Waals surface area contributed by atoms with Crippen LogP contribution in [0.1, 0.15) is 37.4 Å². The Morgan fingerprint density at radius 1 is 1.29 bits per heavy atom. The van der Waals surface area contributed by atoms with Crippen LogP contribution >= 0.6 is 27.7 Å². The van der Waals surface area contributed by atoms with Crippen LogP contribution < -0.4 is 5.32 Å². The minimum Gasteiger partial charge on any atom is -0.366 e. The van der Waals surface area contributed by atoms with Gasteiger partial charge in [0.05, 0.1) is 0 Å². The van der Waals surface area contributed by atoms with Gasteiger partial charge in [0.15, 0.2) is 0 Å². The summed E-state index contributed by atoms with van der Waals surface area (Å²) >= 11 is 5.51. The SMILES string of the molecule is Brc1cc(NC2CCCSC2)nc(C2CC2)n1. The van der Waals surface area contributed by atoms with E-state index in [-0.39, 0.29) is 0 Å². The van der Waals surface area contributed by atoms with Crippen molar-refractivity contribution in [1.82, 2.24) is 9.97 Å². The topological polar surface area (TPSA) is 37.8 Å². The van der Waals surface area contributed by atoms with Crippen LogP contribution in [0.5, 0.6) is 0 Å². The lowest BCUT2D eigenvalue weighted by molar-refractivity contribution is 0.680. The number of nitrogens with one attached hydrogen (secondary N) is 1. The summed E-state index contributed by atoms with van der Waals surface area (Å²) in [5.41, 5.74) is 0. The second kappa shape index (κ2) is 5.14. The summed E-state index contributed by atoms with van der Waals surface area (Å²) in [5, 5.41) is 3.54. The molecule has 0 spiro atoms. The van der Waals surface area contributed by atoms with Gasteiger partial charge >= 0.3 is 0 Å². The Hall–Kier alpha value is -0.290. The van der Waals surface area contributed by atoms with Gasteiger partial charge in [-0.05, 0) is 47.4 Å². The van der Waals surface area contributed by atoms with Crippen molar-refractivity contribution >= 4 is 33.5 Å². The Bertz CT molecular complexity index is 403. The molecule has 0 bridgehead atoms. The number of nitrogens with zero attached hydrogens (tertiary/aromatic N) is 2. The molecule has 1 aromatic heterocycles. The van der Waals surface area contributed by atoms with Crippen molar-refractivity contribution in [2.45, 2.75) is 37.6 Å². The van der Waals surface area contributed by atoms with Crippen LogP contribution in [0.3, 0.4) is 0 Å². The van der Waals surface area contributed by atoms with E-state index < -0.39 is 0 Å². The lowest BCUT2D eigenvalue weighted by atomic mass is 10.2. The van der Waals surface area contributed by atoms with E-state index in [2.05, 4.69) is 31.2 Å². The minimum atomic E-state index is 0.572. The van der Waals surface area contributed by atoms with Crippen LogP contribution in [0.4, 0.5) is 5.82 Å². The largest absolute Gasteiger partial charge is 0.366 e. The highest BCUT2D eigenvalue weighted by molar-refractivity contribution is 9.10. The molecule has 1 unspecified atom stereocenters. The third kappa shape index (κ3) is 3.13. The predicted octanol–water partition coefficient (Wildman–Crippen LogP) is 3.42. The monoisotopic (exact) mass is 313 g/mol. The van der Waals surface area contributed by atoms with E-state index in [0.717, 1.165) is 16.2 Å². The second-order valence-corrected chi connectivity index (χ2v) is 6.73. The maximum atomic E-state index is 4.63. The first-order valence-electron chi connectivity index (χ1n) is 6.20.